The summed E-state index contributed by atoms with van der Waals surface area (Å²) in [6.07, 6.45) is -4.39. The normalized spacial score (nSPS) is 26.2. The lowest BCUT2D eigenvalue weighted by Gasteiger charge is -2.47. The molecule has 4 rings (SSSR count). The number of hydrogen-bond acceptors (Lipinski definition) is 5. The molecular formula is C14H22F3IN6S. The number of guanidine groups is 1. The maximum Gasteiger partial charge on any atom is 0.434 e. The van der Waals surface area contributed by atoms with Crippen LogP contribution in [0.1, 0.15) is 10.7 Å². The van der Waals surface area contributed by atoms with Crippen LogP contribution >= 0.6 is 35.3 Å². The molecule has 11 heteroatoms. The van der Waals surface area contributed by atoms with E-state index in [9.17, 15) is 13.2 Å². The molecule has 4 heterocycles. The minimum absolute atomic E-state index is 0. The number of alkyl halides is 3. The summed E-state index contributed by atoms with van der Waals surface area (Å²) in [4.78, 5) is 12.6. The van der Waals surface area contributed by atoms with Crippen LogP contribution in [-0.2, 0) is 12.7 Å². The molecule has 2 N–H and O–H groups in total. The number of thiazole rings is 1. The highest BCUT2D eigenvalue weighted by atomic mass is 127. The van der Waals surface area contributed by atoms with Crippen LogP contribution in [0.5, 0.6) is 0 Å². The molecule has 0 spiro atoms. The average Bonchev–Trinajstić information content (AvgIpc) is 3.05. The number of fused-ring (bicyclic) bond motifs is 3. The fraction of sp³-hybridized carbons (Fsp3) is 0.714. The van der Waals surface area contributed by atoms with Crippen LogP contribution in [0.3, 0.4) is 0 Å². The number of aromatic nitrogens is 1. The summed E-state index contributed by atoms with van der Waals surface area (Å²) in [5, 5.41) is 7.70. The molecule has 0 amide bonds. The van der Waals surface area contributed by atoms with Gasteiger partial charge in [-0.15, -0.1) is 35.3 Å². The Morgan fingerprint density at radius 1 is 1.32 bits per heavy atom. The molecule has 6 nitrogen and oxygen atoms in total. The maximum atomic E-state index is 12.5. The Balaban J connectivity index is 0.00000225. The molecule has 0 saturated carbocycles. The van der Waals surface area contributed by atoms with E-state index in [1.807, 2.05) is 0 Å². The number of nitrogens with zero attached hydrogens (tertiary/aromatic N) is 4. The van der Waals surface area contributed by atoms with Gasteiger partial charge in [0.2, 0.25) is 0 Å². The van der Waals surface area contributed by atoms with Gasteiger partial charge in [0.15, 0.2) is 11.7 Å². The molecule has 3 aliphatic rings. The van der Waals surface area contributed by atoms with E-state index in [4.69, 9.17) is 0 Å². The van der Waals surface area contributed by atoms with E-state index < -0.39 is 11.9 Å². The quantitative estimate of drug-likeness (QED) is 0.380. The van der Waals surface area contributed by atoms with E-state index >= 15 is 0 Å². The second-order valence-corrected chi connectivity index (χ2v) is 6.86. The predicted octanol–water partition coefficient (Wildman–Crippen LogP) is 1.44. The summed E-state index contributed by atoms with van der Waals surface area (Å²) in [5.74, 6) is 0.580. The number of piperazine rings is 3. The summed E-state index contributed by atoms with van der Waals surface area (Å²) in [5.41, 5.74) is -0.840. The van der Waals surface area contributed by atoms with E-state index in [1.54, 1.807) is 7.05 Å². The zero-order valence-corrected chi connectivity index (χ0v) is 17.0. The third-order valence-corrected chi connectivity index (χ3v) is 5.22. The summed E-state index contributed by atoms with van der Waals surface area (Å²) in [6.45, 7) is 6.49. The average molecular weight is 490 g/mol. The van der Waals surface area contributed by atoms with Crippen LogP contribution in [-0.4, -0.2) is 73.1 Å². The van der Waals surface area contributed by atoms with Gasteiger partial charge < -0.3 is 10.6 Å². The first-order valence-electron chi connectivity index (χ1n) is 7.88. The molecular weight excluding hydrogens is 468 g/mol. The smallest absolute Gasteiger partial charge is 0.355 e. The Labute approximate surface area is 165 Å². The van der Waals surface area contributed by atoms with Crippen molar-refractivity contribution in [2.75, 3.05) is 46.3 Å². The first-order valence-corrected chi connectivity index (χ1v) is 8.76. The number of aliphatic imine (C=N–C) groups is 1. The standard InChI is InChI=1S/C14H21F3N6S.HI/c1-18-13(19-6-10-8-22-2-4-23(10)5-3-22)20-7-12-21-11(9-24-12)14(15,16)17;/h9-10H,2-8H2,1H3,(H2,18,19,20);1H. The van der Waals surface area contributed by atoms with Crippen molar-refractivity contribution in [1.29, 1.82) is 0 Å². The van der Waals surface area contributed by atoms with E-state index in [1.165, 1.54) is 0 Å². The van der Waals surface area contributed by atoms with E-state index in [0.717, 1.165) is 56.0 Å². The van der Waals surface area contributed by atoms with Crippen molar-refractivity contribution in [3.8, 4) is 0 Å². The number of rotatable bonds is 4. The van der Waals surface area contributed by atoms with Crippen LogP contribution in [0.2, 0.25) is 0 Å². The highest BCUT2D eigenvalue weighted by Gasteiger charge is 2.34. The van der Waals surface area contributed by atoms with Gasteiger partial charge in [-0.3, -0.25) is 14.8 Å². The summed E-state index contributed by atoms with van der Waals surface area (Å²) in [6, 6.07) is 0.447. The molecule has 3 saturated heterocycles. The molecule has 1 unspecified atom stereocenters. The summed E-state index contributed by atoms with van der Waals surface area (Å²) in [7, 11) is 1.65. The van der Waals surface area contributed by atoms with Gasteiger partial charge in [-0.05, 0) is 0 Å². The van der Waals surface area contributed by atoms with Gasteiger partial charge in [0.25, 0.3) is 0 Å². The van der Waals surface area contributed by atoms with Crippen LogP contribution in [0.25, 0.3) is 0 Å². The second kappa shape index (κ2) is 8.82. The Morgan fingerprint density at radius 3 is 2.56 bits per heavy atom. The summed E-state index contributed by atoms with van der Waals surface area (Å²) >= 11 is 0.994. The van der Waals surface area contributed by atoms with Crippen molar-refractivity contribution in [1.82, 2.24) is 25.4 Å². The van der Waals surface area contributed by atoms with Crippen molar-refractivity contribution in [2.45, 2.75) is 18.8 Å². The third-order valence-electron chi connectivity index (χ3n) is 4.37. The first-order chi connectivity index (χ1) is 11.5. The summed E-state index contributed by atoms with van der Waals surface area (Å²) < 4.78 is 37.6. The SMILES string of the molecule is CN=C(NCc1nc(C(F)(F)F)cs1)NCC1CN2CCN1CC2.I. The number of nitrogens with one attached hydrogen (secondary N) is 2. The molecule has 0 radical (unpaired) electrons. The predicted molar refractivity (Wildman–Crippen MR) is 103 cm³/mol. The monoisotopic (exact) mass is 490 g/mol. The largest absolute Gasteiger partial charge is 0.434 e. The lowest BCUT2D eigenvalue weighted by Crippen LogP contribution is -2.63. The van der Waals surface area contributed by atoms with Gasteiger partial charge in [-0.2, -0.15) is 13.2 Å². The van der Waals surface area contributed by atoms with Crippen LogP contribution < -0.4 is 10.6 Å². The van der Waals surface area contributed by atoms with Crippen molar-refractivity contribution < 1.29 is 13.2 Å². The Hall–Kier alpha value is -0.660. The zero-order valence-electron chi connectivity index (χ0n) is 13.8. The fourth-order valence-electron chi connectivity index (χ4n) is 3.03. The van der Waals surface area contributed by atoms with Crippen molar-refractivity contribution in [3.63, 3.8) is 0 Å². The zero-order chi connectivity index (χ0) is 17.2. The van der Waals surface area contributed by atoms with Crippen molar-refractivity contribution >= 4 is 41.3 Å². The van der Waals surface area contributed by atoms with Crippen molar-refractivity contribution in [2.24, 2.45) is 4.99 Å². The molecule has 1 aromatic heterocycles. The molecule has 1 aromatic rings. The highest BCUT2D eigenvalue weighted by molar-refractivity contribution is 14.0. The number of halogens is 4. The molecule has 3 aliphatic heterocycles. The molecule has 142 valence electrons. The van der Waals surface area contributed by atoms with Gasteiger partial charge in [0.05, 0.1) is 6.54 Å². The van der Waals surface area contributed by atoms with Crippen molar-refractivity contribution in [3.05, 3.63) is 16.1 Å². The Morgan fingerprint density at radius 2 is 2.04 bits per heavy atom. The topological polar surface area (TPSA) is 55.8 Å². The van der Waals surface area contributed by atoms with E-state index in [2.05, 4.69) is 30.4 Å². The fourth-order valence-corrected chi connectivity index (χ4v) is 3.78. The second-order valence-electron chi connectivity index (χ2n) is 5.92. The lowest BCUT2D eigenvalue weighted by atomic mass is 10.1. The Kier molecular flexibility index (Phi) is 7.29. The van der Waals surface area contributed by atoms with Gasteiger partial charge in [-0.25, -0.2) is 4.98 Å². The van der Waals surface area contributed by atoms with Gasteiger partial charge >= 0.3 is 6.18 Å². The van der Waals surface area contributed by atoms with Crippen LogP contribution in [0.15, 0.2) is 10.4 Å². The van der Waals surface area contributed by atoms with Gasteiger partial charge in [0.1, 0.15) is 5.01 Å². The van der Waals surface area contributed by atoms with Gasteiger partial charge in [0, 0.05) is 57.7 Å². The lowest BCUT2D eigenvalue weighted by molar-refractivity contribution is -0.140. The molecule has 3 fully saturated rings. The molecule has 0 aliphatic carbocycles. The molecule has 25 heavy (non-hydrogen) atoms. The third kappa shape index (κ3) is 5.41. The van der Waals surface area contributed by atoms with Crippen LogP contribution in [0, 0.1) is 0 Å². The van der Waals surface area contributed by atoms with E-state index in [0.29, 0.717) is 17.0 Å². The minimum Gasteiger partial charge on any atom is -0.355 e. The maximum absolute atomic E-state index is 12.5. The Bertz CT molecular complexity index is 585. The minimum atomic E-state index is -4.39. The van der Waals surface area contributed by atoms with E-state index in [-0.39, 0.29) is 30.5 Å². The molecule has 2 bridgehead atoms. The van der Waals surface area contributed by atoms with Crippen LogP contribution in [0.4, 0.5) is 13.2 Å². The first kappa shape index (κ1) is 20.6. The highest BCUT2D eigenvalue weighted by Crippen LogP contribution is 2.29. The van der Waals surface area contributed by atoms with Gasteiger partial charge in [-0.1, -0.05) is 0 Å². The molecule has 0 aromatic carbocycles. The molecule has 1 atom stereocenters. The number of hydrogen-bond donors (Lipinski definition) is 2.